The zero-order valence-corrected chi connectivity index (χ0v) is 12.8. The standard InChI is InChI=1S/C15H14BrClFN/c1-19-15(8-10-4-2-3-5-14(10)17)12-9-11(18)6-7-13(12)16/h2-7,9,15,19H,8H2,1H3. The van der Waals surface area contributed by atoms with Gasteiger partial charge in [0.1, 0.15) is 5.82 Å². The highest BCUT2D eigenvalue weighted by atomic mass is 79.9. The van der Waals surface area contributed by atoms with E-state index in [1.807, 2.05) is 31.3 Å². The number of likely N-dealkylation sites (N-methyl/N-ethyl adjacent to an activating group) is 1. The molecule has 19 heavy (non-hydrogen) atoms. The summed E-state index contributed by atoms with van der Waals surface area (Å²) >= 11 is 9.63. The van der Waals surface area contributed by atoms with Gasteiger partial charge in [-0.05, 0) is 48.9 Å². The Morgan fingerprint density at radius 1 is 1.26 bits per heavy atom. The highest BCUT2D eigenvalue weighted by molar-refractivity contribution is 9.10. The molecule has 1 unspecified atom stereocenters. The Morgan fingerprint density at radius 3 is 2.68 bits per heavy atom. The van der Waals surface area contributed by atoms with Gasteiger partial charge in [-0.15, -0.1) is 0 Å². The molecule has 2 aromatic rings. The van der Waals surface area contributed by atoms with Gasteiger partial charge in [-0.25, -0.2) is 4.39 Å². The molecule has 0 bridgehead atoms. The Bertz CT molecular complexity index is 574. The third-order valence-electron chi connectivity index (χ3n) is 3.06. The van der Waals surface area contributed by atoms with Crippen LogP contribution >= 0.6 is 27.5 Å². The van der Waals surface area contributed by atoms with Crippen molar-refractivity contribution in [2.45, 2.75) is 12.5 Å². The van der Waals surface area contributed by atoms with E-state index in [1.54, 1.807) is 12.1 Å². The molecule has 2 aromatic carbocycles. The monoisotopic (exact) mass is 341 g/mol. The maximum Gasteiger partial charge on any atom is 0.123 e. The molecule has 0 saturated heterocycles. The van der Waals surface area contributed by atoms with Crippen LogP contribution in [0, 0.1) is 5.82 Å². The fourth-order valence-corrected chi connectivity index (χ4v) is 2.77. The van der Waals surface area contributed by atoms with Crippen LogP contribution in [0.1, 0.15) is 17.2 Å². The predicted octanol–water partition coefficient (Wildman–Crippen LogP) is 4.74. The SMILES string of the molecule is CNC(Cc1ccccc1Cl)c1cc(F)ccc1Br. The van der Waals surface area contributed by atoms with Crippen molar-refractivity contribution >= 4 is 27.5 Å². The van der Waals surface area contributed by atoms with Crippen molar-refractivity contribution in [1.29, 1.82) is 0 Å². The minimum atomic E-state index is -0.238. The van der Waals surface area contributed by atoms with Crippen molar-refractivity contribution in [1.82, 2.24) is 5.32 Å². The third-order valence-corrected chi connectivity index (χ3v) is 4.15. The maximum absolute atomic E-state index is 13.4. The summed E-state index contributed by atoms with van der Waals surface area (Å²) < 4.78 is 14.3. The minimum absolute atomic E-state index is 0.00461. The Balaban J connectivity index is 2.30. The molecule has 0 spiro atoms. The van der Waals surface area contributed by atoms with E-state index in [9.17, 15) is 4.39 Å². The van der Waals surface area contributed by atoms with Crippen LogP contribution in [0.25, 0.3) is 0 Å². The van der Waals surface area contributed by atoms with Crippen LogP contribution in [0.5, 0.6) is 0 Å². The van der Waals surface area contributed by atoms with E-state index in [2.05, 4.69) is 21.2 Å². The first kappa shape index (κ1) is 14.5. The Hall–Kier alpha value is -0.900. The molecule has 100 valence electrons. The van der Waals surface area contributed by atoms with Crippen molar-refractivity contribution in [2.75, 3.05) is 7.05 Å². The number of benzene rings is 2. The summed E-state index contributed by atoms with van der Waals surface area (Å²) in [5, 5.41) is 3.94. The lowest BCUT2D eigenvalue weighted by molar-refractivity contribution is 0.575. The van der Waals surface area contributed by atoms with Gasteiger partial charge in [0.15, 0.2) is 0 Å². The van der Waals surface area contributed by atoms with Gasteiger partial charge in [-0.1, -0.05) is 45.7 Å². The topological polar surface area (TPSA) is 12.0 Å². The lowest BCUT2D eigenvalue weighted by Gasteiger charge is -2.19. The van der Waals surface area contributed by atoms with Gasteiger partial charge in [-0.2, -0.15) is 0 Å². The normalized spacial score (nSPS) is 12.4. The molecule has 4 heteroatoms. The average molecular weight is 343 g/mol. The number of hydrogen-bond donors (Lipinski definition) is 1. The second-order valence-corrected chi connectivity index (χ2v) is 5.56. The summed E-state index contributed by atoms with van der Waals surface area (Å²) in [6.45, 7) is 0. The van der Waals surface area contributed by atoms with Gasteiger partial charge in [0, 0.05) is 15.5 Å². The second-order valence-electron chi connectivity index (χ2n) is 4.30. The van der Waals surface area contributed by atoms with E-state index in [1.165, 1.54) is 6.07 Å². The highest BCUT2D eigenvalue weighted by Crippen LogP contribution is 2.28. The Morgan fingerprint density at radius 2 is 2.00 bits per heavy atom. The molecular weight excluding hydrogens is 329 g/mol. The number of hydrogen-bond acceptors (Lipinski definition) is 1. The van der Waals surface area contributed by atoms with Gasteiger partial charge in [0.05, 0.1) is 0 Å². The van der Waals surface area contributed by atoms with Gasteiger partial charge in [0.2, 0.25) is 0 Å². The lowest BCUT2D eigenvalue weighted by Crippen LogP contribution is -2.19. The summed E-state index contributed by atoms with van der Waals surface area (Å²) in [6, 6.07) is 12.4. The summed E-state index contributed by atoms with van der Waals surface area (Å²) in [5.74, 6) is -0.238. The fraction of sp³-hybridized carbons (Fsp3) is 0.200. The first-order chi connectivity index (χ1) is 9.11. The molecule has 0 aliphatic carbocycles. The predicted molar refractivity (Wildman–Crippen MR) is 81.1 cm³/mol. The van der Waals surface area contributed by atoms with E-state index in [0.717, 1.165) is 20.6 Å². The van der Waals surface area contributed by atoms with Crippen LogP contribution < -0.4 is 5.32 Å². The van der Waals surface area contributed by atoms with Gasteiger partial charge in [0.25, 0.3) is 0 Å². The molecule has 0 fully saturated rings. The molecule has 0 aliphatic heterocycles. The van der Waals surface area contributed by atoms with Gasteiger partial charge >= 0.3 is 0 Å². The molecule has 0 radical (unpaired) electrons. The van der Waals surface area contributed by atoms with Crippen molar-refractivity contribution < 1.29 is 4.39 Å². The van der Waals surface area contributed by atoms with Gasteiger partial charge in [-0.3, -0.25) is 0 Å². The smallest absolute Gasteiger partial charge is 0.123 e. The van der Waals surface area contributed by atoms with Crippen LogP contribution in [0.2, 0.25) is 5.02 Å². The van der Waals surface area contributed by atoms with E-state index in [0.29, 0.717) is 6.42 Å². The Labute approximate surface area is 125 Å². The molecule has 0 heterocycles. The second kappa shape index (κ2) is 6.51. The van der Waals surface area contributed by atoms with Crippen molar-refractivity contribution in [2.24, 2.45) is 0 Å². The number of halogens is 3. The van der Waals surface area contributed by atoms with E-state index in [-0.39, 0.29) is 11.9 Å². The van der Waals surface area contributed by atoms with E-state index in [4.69, 9.17) is 11.6 Å². The van der Waals surface area contributed by atoms with Crippen molar-refractivity contribution in [3.05, 3.63) is 68.9 Å². The summed E-state index contributed by atoms with van der Waals surface area (Å²) in [4.78, 5) is 0. The van der Waals surface area contributed by atoms with Crippen LogP contribution in [-0.4, -0.2) is 7.05 Å². The van der Waals surface area contributed by atoms with Crippen molar-refractivity contribution in [3.8, 4) is 0 Å². The quantitative estimate of drug-likeness (QED) is 0.846. The summed E-state index contributed by atoms with van der Waals surface area (Å²) in [7, 11) is 1.86. The molecular formula is C15H14BrClFN. The molecule has 0 aromatic heterocycles. The minimum Gasteiger partial charge on any atom is -0.313 e. The van der Waals surface area contributed by atoms with E-state index >= 15 is 0 Å². The first-order valence-corrected chi connectivity index (χ1v) is 7.14. The lowest BCUT2D eigenvalue weighted by atomic mass is 9.99. The molecule has 0 saturated carbocycles. The molecule has 1 nitrogen and oxygen atoms in total. The fourth-order valence-electron chi connectivity index (χ4n) is 2.03. The molecule has 2 rings (SSSR count). The molecule has 0 amide bonds. The largest absolute Gasteiger partial charge is 0.313 e. The van der Waals surface area contributed by atoms with Crippen LogP contribution in [0.4, 0.5) is 4.39 Å². The summed E-state index contributed by atoms with van der Waals surface area (Å²) in [5.41, 5.74) is 1.93. The van der Waals surface area contributed by atoms with Crippen LogP contribution in [0.3, 0.4) is 0 Å². The number of nitrogens with one attached hydrogen (secondary N) is 1. The van der Waals surface area contributed by atoms with Crippen LogP contribution in [-0.2, 0) is 6.42 Å². The maximum atomic E-state index is 13.4. The zero-order valence-electron chi connectivity index (χ0n) is 10.5. The molecule has 0 aliphatic rings. The zero-order chi connectivity index (χ0) is 13.8. The average Bonchev–Trinajstić information content (AvgIpc) is 2.41. The van der Waals surface area contributed by atoms with Gasteiger partial charge < -0.3 is 5.32 Å². The molecule has 1 N–H and O–H groups in total. The molecule has 1 atom stereocenters. The van der Waals surface area contributed by atoms with E-state index < -0.39 is 0 Å². The van der Waals surface area contributed by atoms with Crippen LogP contribution in [0.15, 0.2) is 46.9 Å². The van der Waals surface area contributed by atoms with Crippen molar-refractivity contribution in [3.63, 3.8) is 0 Å². The number of rotatable bonds is 4. The third kappa shape index (κ3) is 3.56. The first-order valence-electron chi connectivity index (χ1n) is 5.97. The summed E-state index contributed by atoms with van der Waals surface area (Å²) in [6.07, 6.45) is 0.707. The Kier molecular flexibility index (Phi) is 4.97. The highest BCUT2D eigenvalue weighted by Gasteiger charge is 2.15.